The van der Waals surface area contributed by atoms with E-state index in [-0.39, 0.29) is 35.3 Å². The number of fused-ring (bicyclic) bond motifs is 1. The fourth-order valence-corrected chi connectivity index (χ4v) is 4.60. The average molecular weight is 551 g/mol. The summed E-state index contributed by atoms with van der Waals surface area (Å²) in [6.07, 6.45) is 23.4. The van der Waals surface area contributed by atoms with Crippen LogP contribution in [0.5, 0.6) is 11.5 Å². The van der Waals surface area contributed by atoms with Gasteiger partial charge in [0.2, 0.25) is 0 Å². The second kappa shape index (κ2) is 18.0. The molecule has 1 atom stereocenters. The Morgan fingerprint density at radius 1 is 0.850 bits per heavy atom. The lowest BCUT2D eigenvalue weighted by molar-refractivity contribution is -0.147. The van der Waals surface area contributed by atoms with Crippen molar-refractivity contribution in [2.24, 2.45) is 0 Å². The van der Waals surface area contributed by atoms with Crippen molar-refractivity contribution < 1.29 is 29.3 Å². The second-order valence-corrected chi connectivity index (χ2v) is 10.6. The maximum atomic E-state index is 13.2. The zero-order valence-electron chi connectivity index (χ0n) is 24.4. The summed E-state index contributed by atoms with van der Waals surface area (Å²) in [5.74, 6) is -2.43. The van der Waals surface area contributed by atoms with Crippen LogP contribution in [0.1, 0.15) is 125 Å². The standard InChI is InChI=1S/C34H46O6/c1-4-5-6-7-8-9-10-11-12-13-14-15-16-17-18-19-31(38)40-30(23-20-25(2)3)26-24-29(37)32-27(35)21-22-28(36)33(32)34(26)39/h8-9,11-12,20-22,24,30,35-36H,4-7,10,13-19,23H2,1-3H3/b9-8-,12-11-/t30-/m1/s1. The topological polar surface area (TPSA) is 101 Å². The van der Waals surface area contributed by atoms with Crippen LogP contribution in [0.3, 0.4) is 0 Å². The van der Waals surface area contributed by atoms with Crippen LogP contribution in [0.25, 0.3) is 0 Å². The molecule has 0 aromatic heterocycles. The monoisotopic (exact) mass is 550 g/mol. The third-order valence-electron chi connectivity index (χ3n) is 6.88. The summed E-state index contributed by atoms with van der Waals surface area (Å²) in [4.78, 5) is 38.6. The SMILES string of the molecule is CCCCC/C=C\C/C=C\CCCCCCCC(=O)O[C@H](CC=C(C)C)C1=CC(=O)c2c(O)ccc(O)c2C1=O. The number of phenolic OH excluding ortho intramolecular Hbond substituents is 2. The van der Waals surface area contributed by atoms with E-state index in [1.54, 1.807) is 0 Å². The highest BCUT2D eigenvalue weighted by Crippen LogP contribution is 2.36. The number of carbonyl (C=O) groups is 3. The molecule has 0 saturated carbocycles. The van der Waals surface area contributed by atoms with Crippen LogP contribution in [-0.4, -0.2) is 33.9 Å². The van der Waals surface area contributed by atoms with Crippen molar-refractivity contribution in [2.75, 3.05) is 0 Å². The van der Waals surface area contributed by atoms with E-state index in [9.17, 15) is 24.6 Å². The molecule has 0 amide bonds. The Kier molecular flexibility index (Phi) is 14.8. The van der Waals surface area contributed by atoms with Gasteiger partial charge in [-0.1, -0.05) is 75.0 Å². The summed E-state index contributed by atoms with van der Waals surface area (Å²) in [6.45, 7) is 6.00. The lowest BCUT2D eigenvalue weighted by Gasteiger charge is -2.23. The van der Waals surface area contributed by atoms with Crippen molar-refractivity contribution in [2.45, 2.75) is 110 Å². The molecule has 1 aliphatic rings. The highest BCUT2D eigenvalue weighted by Gasteiger charge is 2.35. The van der Waals surface area contributed by atoms with Gasteiger partial charge < -0.3 is 14.9 Å². The van der Waals surface area contributed by atoms with Crippen LogP contribution in [0.4, 0.5) is 0 Å². The van der Waals surface area contributed by atoms with Crippen LogP contribution in [0.15, 0.2) is 59.7 Å². The number of ether oxygens (including phenoxy) is 1. The number of hydrogen-bond acceptors (Lipinski definition) is 6. The zero-order valence-corrected chi connectivity index (χ0v) is 24.4. The Hall–Kier alpha value is -3.41. The average Bonchev–Trinajstić information content (AvgIpc) is 2.92. The molecule has 0 fully saturated rings. The number of benzene rings is 1. The molecular weight excluding hydrogens is 504 g/mol. The summed E-state index contributed by atoms with van der Waals surface area (Å²) < 4.78 is 5.68. The van der Waals surface area contributed by atoms with Gasteiger partial charge in [0.15, 0.2) is 11.6 Å². The number of hydrogen-bond donors (Lipinski definition) is 2. The van der Waals surface area contributed by atoms with Gasteiger partial charge in [0.05, 0.1) is 11.1 Å². The van der Waals surface area contributed by atoms with Crippen LogP contribution in [-0.2, 0) is 9.53 Å². The molecular formula is C34H46O6. The number of phenols is 2. The van der Waals surface area contributed by atoms with E-state index < -0.39 is 29.4 Å². The van der Waals surface area contributed by atoms with Crippen LogP contribution in [0.2, 0.25) is 0 Å². The summed E-state index contributed by atoms with van der Waals surface area (Å²) in [5.41, 5.74) is 0.496. The smallest absolute Gasteiger partial charge is 0.306 e. The van der Waals surface area contributed by atoms with Crippen LogP contribution < -0.4 is 0 Å². The largest absolute Gasteiger partial charge is 0.507 e. The van der Waals surface area contributed by atoms with Crippen molar-refractivity contribution in [1.82, 2.24) is 0 Å². The minimum atomic E-state index is -0.952. The van der Waals surface area contributed by atoms with Crippen molar-refractivity contribution in [3.63, 3.8) is 0 Å². The van der Waals surface area contributed by atoms with Gasteiger partial charge in [0.1, 0.15) is 17.6 Å². The van der Waals surface area contributed by atoms with E-state index in [0.717, 1.165) is 50.2 Å². The number of carbonyl (C=O) groups excluding carboxylic acids is 3. The molecule has 0 spiro atoms. The Labute approximate surface area is 239 Å². The van der Waals surface area contributed by atoms with E-state index in [2.05, 4.69) is 31.2 Å². The van der Waals surface area contributed by atoms with E-state index >= 15 is 0 Å². The Morgan fingerprint density at radius 3 is 2.10 bits per heavy atom. The third kappa shape index (κ3) is 11.0. The fraction of sp³-hybridized carbons (Fsp3) is 0.500. The summed E-state index contributed by atoms with van der Waals surface area (Å²) in [7, 11) is 0. The van der Waals surface area contributed by atoms with Gasteiger partial charge in [-0.25, -0.2) is 0 Å². The quantitative estimate of drug-likeness (QED) is 0.0822. The molecule has 0 bridgehead atoms. The minimum absolute atomic E-state index is 0.00397. The van der Waals surface area contributed by atoms with E-state index in [4.69, 9.17) is 4.74 Å². The lowest BCUT2D eigenvalue weighted by Crippen LogP contribution is -2.29. The predicted octanol–water partition coefficient (Wildman–Crippen LogP) is 8.48. The van der Waals surface area contributed by atoms with Gasteiger partial charge in [-0.15, -0.1) is 0 Å². The van der Waals surface area contributed by atoms with Gasteiger partial charge in [0, 0.05) is 18.4 Å². The first kappa shape index (κ1) is 32.8. The summed E-state index contributed by atoms with van der Waals surface area (Å²) in [6, 6.07) is 2.34. The van der Waals surface area contributed by atoms with Gasteiger partial charge in [0.25, 0.3) is 0 Å². The van der Waals surface area contributed by atoms with Gasteiger partial charge in [-0.3, -0.25) is 14.4 Å². The van der Waals surface area contributed by atoms with Crippen molar-refractivity contribution in [1.29, 1.82) is 0 Å². The molecule has 6 nitrogen and oxygen atoms in total. The number of esters is 1. The molecule has 1 aromatic carbocycles. The number of ketones is 2. The first-order chi connectivity index (χ1) is 19.3. The number of Topliss-reactive ketones (excluding diaryl/α,β-unsaturated/α-hetero) is 1. The highest BCUT2D eigenvalue weighted by atomic mass is 16.5. The number of aromatic hydroxyl groups is 2. The minimum Gasteiger partial charge on any atom is -0.507 e. The molecule has 0 unspecified atom stereocenters. The molecule has 1 aromatic rings. The van der Waals surface area contributed by atoms with Crippen LogP contribution >= 0.6 is 0 Å². The Balaban J connectivity index is 1.78. The number of allylic oxidation sites excluding steroid dienone is 6. The van der Waals surface area contributed by atoms with Gasteiger partial charge in [-0.05, 0) is 70.6 Å². The van der Waals surface area contributed by atoms with E-state index in [0.29, 0.717) is 6.42 Å². The highest BCUT2D eigenvalue weighted by molar-refractivity contribution is 6.27. The molecule has 0 radical (unpaired) electrons. The molecule has 0 aliphatic heterocycles. The first-order valence-electron chi connectivity index (χ1n) is 14.7. The molecule has 1 aliphatic carbocycles. The van der Waals surface area contributed by atoms with E-state index in [1.807, 2.05) is 19.9 Å². The van der Waals surface area contributed by atoms with Crippen molar-refractivity contribution >= 4 is 17.5 Å². The second-order valence-electron chi connectivity index (χ2n) is 10.6. The van der Waals surface area contributed by atoms with E-state index in [1.165, 1.54) is 37.8 Å². The van der Waals surface area contributed by atoms with Gasteiger partial charge >= 0.3 is 5.97 Å². The molecule has 0 heterocycles. The molecule has 6 heteroatoms. The molecule has 218 valence electrons. The molecule has 0 saturated heterocycles. The number of unbranched alkanes of at least 4 members (excludes halogenated alkanes) is 8. The molecule has 2 rings (SSSR count). The normalized spacial score (nSPS) is 13.9. The fourth-order valence-electron chi connectivity index (χ4n) is 4.60. The van der Waals surface area contributed by atoms with Crippen LogP contribution in [0, 0.1) is 0 Å². The Bertz CT molecular complexity index is 1120. The molecule has 2 N–H and O–H groups in total. The summed E-state index contributed by atoms with van der Waals surface area (Å²) >= 11 is 0. The Morgan fingerprint density at radius 2 is 1.45 bits per heavy atom. The maximum Gasteiger partial charge on any atom is 0.306 e. The predicted molar refractivity (Wildman–Crippen MR) is 160 cm³/mol. The summed E-state index contributed by atoms with van der Waals surface area (Å²) in [5, 5.41) is 20.3. The van der Waals surface area contributed by atoms with Crippen molar-refractivity contribution in [3.05, 3.63) is 70.9 Å². The third-order valence-corrected chi connectivity index (χ3v) is 6.88. The maximum absolute atomic E-state index is 13.2. The first-order valence-corrected chi connectivity index (χ1v) is 14.7. The molecule has 40 heavy (non-hydrogen) atoms. The zero-order chi connectivity index (χ0) is 29.3. The lowest BCUT2D eigenvalue weighted by atomic mass is 9.85. The van der Waals surface area contributed by atoms with Gasteiger partial charge in [-0.2, -0.15) is 0 Å². The number of rotatable bonds is 18. The van der Waals surface area contributed by atoms with Crippen molar-refractivity contribution in [3.8, 4) is 11.5 Å².